The smallest absolute Gasteiger partial charge is 0.335 e. The van der Waals surface area contributed by atoms with Crippen LogP contribution >= 0.6 is 0 Å². The molecule has 0 unspecified atom stereocenters. The van der Waals surface area contributed by atoms with Gasteiger partial charge in [0.25, 0.3) is 0 Å². The van der Waals surface area contributed by atoms with Gasteiger partial charge in [0, 0.05) is 23.4 Å². The number of carbonyl (C=O) groups is 1. The Hall–Kier alpha value is -3.41. The standard InChI is InChI=1S/C18H15N3O3/c1-24-15-4-2-3-14(9-15)21-17-10-16(19-11-20-17)12-5-7-13(8-6-12)18(22)23/h2-11H,1H3,(H,22,23)(H,19,20,21). The van der Waals surface area contributed by atoms with Crippen molar-refractivity contribution in [3.8, 4) is 17.0 Å². The van der Waals surface area contributed by atoms with Gasteiger partial charge in [0.05, 0.1) is 18.4 Å². The molecule has 0 radical (unpaired) electrons. The second kappa shape index (κ2) is 6.78. The van der Waals surface area contributed by atoms with Crippen molar-refractivity contribution >= 4 is 17.5 Å². The fourth-order valence-corrected chi connectivity index (χ4v) is 2.22. The first kappa shape index (κ1) is 15.5. The fraction of sp³-hybridized carbons (Fsp3) is 0.0556. The van der Waals surface area contributed by atoms with Crippen LogP contribution in [0.5, 0.6) is 5.75 Å². The summed E-state index contributed by atoms with van der Waals surface area (Å²) < 4.78 is 5.20. The SMILES string of the molecule is COc1cccc(Nc2cc(-c3ccc(C(=O)O)cc3)ncn2)c1. The second-order valence-corrected chi connectivity index (χ2v) is 5.03. The monoisotopic (exact) mass is 321 g/mol. The van der Waals surface area contributed by atoms with Gasteiger partial charge >= 0.3 is 5.97 Å². The lowest BCUT2D eigenvalue weighted by molar-refractivity contribution is 0.0697. The Morgan fingerprint density at radius 1 is 1.08 bits per heavy atom. The highest BCUT2D eigenvalue weighted by Crippen LogP contribution is 2.23. The molecule has 0 saturated heterocycles. The zero-order valence-electron chi connectivity index (χ0n) is 12.9. The van der Waals surface area contributed by atoms with Crippen molar-refractivity contribution in [1.82, 2.24) is 9.97 Å². The highest BCUT2D eigenvalue weighted by Gasteiger charge is 2.06. The number of carboxylic acids is 1. The van der Waals surface area contributed by atoms with E-state index in [0.29, 0.717) is 11.5 Å². The molecule has 0 aliphatic heterocycles. The normalized spacial score (nSPS) is 10.2. The summed E-state index contributed by atoms with van der Waals surface area (Å²) in [4.78, 5) is 19.4. The highest BCUT2D eigenvalue weighted by atomic mass is 16.5. The number of nitrogens with zero attached hydrogens (tertiary/aromatic N) is 2. The number of rotatable bonds is 5. The lowest BCUT2D eigenvalue weighted by atomic mass is 10.1. The van der Waals surface area contributed by atoms with Crippen LogP contribution in [0.2, 0.25) is 0 Å². The average Bonchev–Trinajstić information content (AvgIpc) is 2.62. The predicted octanol–water partition coefficient (Wildman–Crippen LogP) is 3.59. The van der Waals surface area contributed by atoms with E-state index >= 15 is 0 Å². The summed E-state index contributed by atoms with van der Waals surface area (Å²) in [7, 11) is 1.61. The maximum absolute atomic E-state index is 10.9. The minimum absolute atomic E-state index is 0.238. The number of aromatic carboxylic acids is 1. The molecule has 120 valence electrons. The Morgan fingerprint density at radius 2 is 1.88 bits per heavy atom. The third-order valence-electron chi connectivity index (χ3n) is 3.44. The Bertz CT molecular complexity index is 863. The molecule has 0 bridgehead atoms. The molecule has 1 heterocycles. The van der Waals surface area contributed by atoms with Gasteiger partial charge in [-0.2, -0.15) is 0 Å². The van der Waals surface area contributed by atoms with Crippen molar-refractivity contribution in [2.24, 2.45) is 0 Å². The maximum Gasteiger partial charge on any atom is 0.335 e. The number of carboxylic acid groups (broad SMARTS) is 1. The van der Waals surface area contributed by atoms with Gasteiger partial charge in [-0.3, -0.25) is 0 Å². The van der Waals surface area contributed by atoms with E-state index in [9.17, 15) is 4.79 Å². The molecule has 24 heavy (non-hydrogen) atoms. The Labute approximate surface area is 138 Å². The minimum atomic E-state index is -0.954. The van der Waals surface area contributed by atoms with Gasteiger partial charge in [-0.1, -0.05) is 18.2 Å². The van der Waals surface area contributed by atoms with Crippen molar-refractivity contribution in [1.29, 1.82) is 0 Å². The van der Waals surface area contributed by atoms with Crippen LogP contribution in [0, 0.1) is 0 Å². The van der Waals surface area contributed by atoms with Gasteiger partial charge in [0.1, 0.15) is 17.9 Å². The van der Waals surface area contributed by atoms with Crippen molar-refractivity contribution in [2.75, 3.05) is 12.4 Å². The van der Waals surface area contributed by atoms with Crippen LogP contribution in [-0.2, 0) is 0 Å². The molecular formula is C18H15N3O3. The molecule has 3 aromatic rings. The molecular weight excluding hydrogens is 306 g/mol. The summed E-state index contributed by atoms with van der Waals surface area (Å²) in [5.74, 6) is 0.429. The first-order valence-electron chi connectivity index (χ1n) is 7.22. The van der Waals surface area contributed by atoms with E-state index in [1.165, 1.54) is 6.33 Å². The number of nitrogens with one attached hydrogen (secondary N) is 1. The number of hydrogen-bond donors (Lipinski definition) is 2. The summed E-state index contributed by atoms with van der Waals surface area (Å²) in [6.45, 7) is 0. The lowest BCUT2D eigenvalue weighted by Gasteiger charge is -2.08. The second-order valence-electron chi connectivity index (χ2n) is 5.03. The molecule has 0 amide bonds. The molecule has 6 heteroatoms. The van der Waals surface area contributed by atoms with E-state index in [2.05, 4.69) is 15.3 Å². The van der Waals surface area contributed by atoms with E-state index in [1.807, 2.05) is 24.3 Å². The van der Waals surface area contributed by atoms with Crippen molar-refractivity contribution in [3.63, 3.8) is 0 Å². The zero-order valence-corrected chi connectivity index (χ0v) is 12.9. The first-order chi connectivity index (χ1) is 11.7. The van der Waals surface area contributed by atoms with Crippen LogP contribution < -0.4 is 10.1 Å². The first-order valence-corrected chi connectivity index (χ1v) is 7.22. The number of anilines is 2. The molecule has 0 spiro atoms. The van der Waals surface area contributed by atoms with Gasteiger partial charge in [-0.25, -0.2) is 14.8 Å². The van der Waals surface area contributed by atoms with Crippen molar-refractivity contribution in [3.05, 3.63) is 66.5 Å². The molecule has 2 aromatic carbocycles. The number of aromatic nitrogens is 2. The van der Waals surface area contributed by atoms with Crippen LogP contribution in [0.15, 0.2) is 60.9 Å². The topological polar surface area (TPSA) is 84.3 Å². The number of methoxy groups -OCH3 is 1. The molecule has 3 rings (SSSR count). The molecule has 0 atom stereocenters. The van der Waals surface area contributed by atoms with E-state index in [-0.39, 0.29) is 5.56 Å². The predicted molar refractivity (Wildman–Crippen MR) is 90.7 cm³/mol. The summed E-state index contributed by atoms with van der Waals surface area (Å²) in [6, 6.07) is 15.9. The third kappa shape index (κ3) is 3.49. The number of ether oxygens (including phenoxy) is 1. The Balaban J connectivity index is 1.84. The van der Waals surface area contributed by atoms with Crippen LogP contribution in [0.1, 0.15) is 10.4 Å². The largest absolute Gasteiger partial charge is 0.497 e. The van der Waals surface area contributed by atoms with Crippen molar-refractivity contribution < 1.29 is 14.6 Å². The summed E-state index contributed by atoms with van der Waals surface area (Å²) in [5.41, 5.74) is 2.60. The van der Waals surface area contributed by atoms with E-state index in [4.69, 9.17) is 9.84 Å². The van der Waals surface area contributed by atoms with Crippen LogP contribution in [-0.4, -0.2) is 28.2 Å². The maximum atomic E-state index is 10.9. The molecule has 1 aromatic heterocycles. The van der Waals surface area contributed by atoms with E-state index < -0.39 is 5.97 Å². The molecule has 0 fully saturated rings. The van der Waals surface area contributed by atoms with E-state index in [1.54, 1.807) is 37.4 Å². The average molecular weight is 321 g/mol. The summed E-state index contributed by atoms with van der Waals surface area (Å²) in [6.07, 6.45) is 1.46. The van der Waals surface area contributed by atoms with Crippen LogP contribution in [0.3, 0.4) is 0 Å². The molecule has 2 N–H and O–H groups in total. The summed E-state index contributed by atoms with van der Waals surface area (Å²) in [5, 5.41) is 12.1. The quantitative estimate of drug-likeness (QED) is 0.747. The molecule has 6 nitrogen and oxygen atoms in total. The zero-order chi connectivity index (χ0) is 16.9. The van der Waals surface area contributed by atoms with E-state index in [0.717, 1.165) is 17.0 Å². The number of hydrogen-bond acceptors (Lipinski definition) is 5. The van der Waals surface area contributed by atoms with Crippen LogP contribution in [0.25, 0.3) is 11.3 Å². The summed E-state index contributed by atoms with van der Waals surface area (Å²) >= 11 is 0. The lowest BCUT2D eigenvalue weighted by Crippen LogP contribution is -1.97. The van der Waals surface area contributed by atoms with Gasteiger partial charge in [-0.15, -0.1) is 0 Å². The Kier molecular flexibility index (Phi) is 4.38. The molecule has 0 aliphatic carbocycles. The van der Waals surface area contributed by atoms with Crippen LogP contribution in [0.4, 0.5) is 11.5 Å². The van der Waals surface area contributed by atoms with Crippen molar-refractivity contribution in [2.45, 2.75) is 0 Å². The van der Waals surface area contributed by atoms with Gasteiger partial charge in [0.15, 0.2) is 0 Å². The van der Waals surface area contributed by atoms with Gasteiger partial charge in [-0.05, 0) is 24.3 Å². The Morgan fingerprint density at radius 3 is 2.58 bits per heavy atom. The fourth-order valence-electron chi connectivity index (χ4n) is 2.22. The van der Waals surface area contributed by atoms with Gasteiger partial charge in [0.2, 0.25) is 0 Å². The highest BCUT2D eigenvalue weighted by molar-refractivity contribution is 5.88. The molecule has 0 saturated carbocycles. The minimum Gasteiger partial charge on any atom is -0.497 e. The molecule has 0 aliphatic rings. The van der Waals surface area contributed by atoms with Gasteiger partial charge < -0.3 is 15.2 Å². The number of benzene rings is 2. The third-order valence-corrected chi connectivity index (χ3v) is 3.44.